The van der Waals surface area contributed by atoms with E-state index in [9.17, 15) is 9.59 Å². The van der Waals surface area contributed by atoms with Crippen LogP contribution in [-0.2, 0) is 9.59 Å². The standard InChI is InChI=1S/C15H18N2O4/c1-9(10-2-4-12-13(6-10)21-8-20-12)17-15(19)11-3-5-14(18)16-7-11/h2,4,6,9,11H,3,5,7-8H2,1H3,(H,16,18)(H,17,19). The highest BCUT2D eigenvalue weighted by Gasteiger charge is 2.26. The van der Waals surface area contributed by atoms with Gasteiger partial charge in [-0.05, 0) is 31.0 Å². The Morgan fingerprint density at radius 3 is 2.95 bits per heavy atom. The number of benzene rings is 1. The molecule has 1 aromatic carbocycles. The van der Waals surface area contributed by atoms with Crippen LogP contribution in [0.1, 0.15) is 31.4 Å². The lowest BCUT2D eigenvalue weighted by Crippen LogP contribution is -2.43. The van der Waals surface area contributed by atoms with Crippen molar-refractivity contribution in [1.29, 1.82) is 0 Å². The summed E-state index contributed by atoms with van der Waals surface area (Å²) < 4.78 is 10.6. The number of nitrogens with one attached hydrogen (secondary N) is 2. The lowest BCUT2D eigenvalue weighted by molar-refractivity contribution is -0.129. The predicted molar refractivity (Wildman–Crippen MR) is 74.9 cm³/mol. The summed E-state index contributed by atoms with van der Waals surface area (Å²) in [5.74, 6) is 1.27. The zero-order valence-electron chi connectivity index (χ0n) is 11.8. The summed E-state index contributed by atoms with van der Waals surface area (Å²) in [6, 6.07) is 5.53. The van der Waals surface area contributed by atoms with E-state index >= 15 is 0 Å². The van der Waals surface area contributed by atoms with Gasteiger partial charge in [0.15, 0.2) is 11.5 Å². The van der Waals surface area contributed by atoms with E-state index in [-0.39, 0.29) is 30.6 Å². The van der Waals surface area contributed by atoms with Crippen LogP contribution in [0.4, 0.5) is 0 Å². The largest absolute Gasteiger partial charge is 0.454 e. The molecule has 0 bridgehead atoms. The number of rotatable bonds is 3. The van der Waals surface area contributed by atoms with Crippen LogP contribution in [0.5, 0.6) is 11.5 Å². The molecule has 2 atom stereocenters. The van der Waals surface area contributed by atoms with E-state index in [4.69, 9.17) is 9.47 Å². The maximum Gasteiger partial charge on any atom is 0.231 e. The molecule has 2 heterocycles. The zero-order chi connectivity index (χ0) is 14.8. The first kappa shape index (κ1) is 13.7. The molecule has 1 fully saturated rings. The SMILES string of the molecule is CC(NC(=O)C1CCC(=O)NC1)c1ccc2c(c1)OCO2. The molecule has 2 N–H and O–H groups in total. The zero-order valence-corrected chi connectivity index (χ0v) is 11.8. The van der Waals surface area contributed by atoms with Crippen LogP contribution in [0.2, 0.25) is 0 Å². The van der Waals surface area contributed by atoms with Gasteiger partial charge in [-0.3, -0.25) is 9.59 Å². The molecule has 2 aliphatic heterocycles. The molecule has 21 heavy (non-hydrogen) atoms. The van der Waals surface area contributed by atoms with Gasteiger partial charge in [0.1, 0.15) is 0 Å². The van der Waals surface area contributed by atoms with Gasteiger partial charge in [0, 0.05) is 13.0 Å². The summed E-state index contributed by atoms with van der Waals surface area (Å²) in [5.41, 5.74) is 0.965. The Morgan fingerprint density at radius 2 is 2.19 bits per heavy atom. The number of carbonyl (C=O) groups excluding carboxylic acids is 2. The van der Waals surface area contributed by atoms with Gasteiger partial charge in [-0.15, -0.1) is 0 Å². The lowest BCUT2D eigenvalue weighted by Gasteiger charge is -2.24. The molecule has 0 radical (unpaired) electrons. The predicted octanol–water partition coefficient (Wildman–Crippen LogP) is 1.12. The smallest absolute Gasteiger partial charge is 0.231 e. The number of piperidine rings is 1. The average Bonchev–Trinajstić information content (AvgIpc) is 2.95. The molecule has 2 amide bonds. The molecular weight excluding hydrogens is 272 g/mol. The van der Waals surface area contributed by atoms with Crippen molar-refractivity contribution in [1.82, 2.24) is 10.6 Å². The molecule has 0 aliphatic carbocycles. The van der Waals surface area contributed by atoms with E-state index < -0.39 is 0 Å². The van der Waals surface area contributed by atoms with Gasteiger partial charge < -0.3 is 20.1 Å². The topological polar surface area (TPSA) is 76.7 Å². The van der Waals surface area contributed by atoms with Crippen LogP contribution < -0.4 is 20.1 Å². The van der Waals surface area contributed by atoms with E-state index in [2.05, 4.69) is 10.6 Å². The first-order valence-corrected chi connectivity index (χ1v) is 7.10. The van der Waals surface area contributed by atoms with Crippen LogP contribution >= 0.6 is 0 Å². The van der Waals surface area contributed by atoms with Crippen molar-refractivity contribution in [3.63, 3.8) is 0 Å². The Morgan fingerprint density at radius 1 is 1.38 bits per heavy atom. The van der Waals surface area contributed by atoms with Gasteiger partial charge in [0.2, 0.25) is 18.6 Å². The molecule has 0 saturated carbocycles. The molecule has 2 unspecified atom stereocenters. The molecule has 6 heteroatoms. The van der Waals surface area contributed by atoms with Gasteiger partial charge >= 0.3 is 0 Å². The third-order valence-electron chi connectivity index (χ3n) is 3.89. The van der Waals surface area contributed by atoms with Crippen LogP contribution in [0, 0.1) is 5.92 Å². The van der Waals surface area contributed by atoms with Crippen LogP contribution in [0.15, 0.2) is 18.2 Å². The van der Waals surface area contributed by atoms with Crippen LogP contribution in [0.25, 0.3) is 0 Å². The number of hydrogen-bond donors (Lipinski definition) is 2. The first-order chi connectivity index (χ1) is 10.1. The Balaban J connectivity index is 1.62. The average molecular weight is 290 g/mol. The van der Waals surface area contributed by atoms with Crippen molar-refractivity contribution in [3.8, 4) is 11.5 Å². The molecule has 0 spiro atoms. The minimum Gasteiger partial charge on any atom is -0.454 e. The monoisotopic (exact) mass is 290 g/mol. The molecular formula is C15H18N2O4. The minimum atomic E-state index is -0.154. The molecule has 2 aliphatic rings. The van der Waals surface area contributed by atoms with Crippen molar-refractivity contribution >= 4 is 11.8 Å². The lowest BCUT2D eigenvalue weighted by atomic mass is 9.97. The third kappa shape index (κ3) is 2.94. The Bertz CT molecular complexity index is 563. The molecule has 6 nitrogen and oxygen atoms in total. The minimum absolute atomic E-state index is 0.0165. The number of carbonyl (C=O) groups is 2. The Kier molecular flexibility index (Phi) is 3.68. The molecule has 112 valence electrons. The fraction of sp³-hybridized carbons (Fsp3) is 0.467. The number of hydrogen-bond acceptors (Lipinski definition) is 4. The molecule has 3 rings (SSSR count). The van der Waals surface area contributed by atoms with E-state index in [1.54, 1.807) is 0 Å². The van der Waals surface area contributed by atoms with Gasteiger partial charge in [-0.1, -0.05) is 6.07 Å². The van der Waals surface area contributed by atoms with Crippen molar-refractivity contribution in [2.24, 2.45) is 5.92 Å². The normalized spacial score (nSPS) is 21.6. The van der Waals surface area contributed by atoms with Crippen molar-refractivity contribution in [2.75, 3.05) is 13.3 Å². The number of fused-ring (bicyclic) bond motifs is 1. The third-order valence-corrected chi connectivity index (χ3v) is 3.89. The number of ether oxygens (including phenoxy) is 2. The quantitative estimate of drug-likeness (QED) is 0.874. The Hall–Kier alpha value is -2.24. The van der Waals surface area contributed by atoms with Crippen LogP contribution in [0.3, 0.4) is 0 Å². The van der Waals surface area contributed by atoms with Crippen molar-refractivity contribution in [2.45, 2.75) is 25.8 Å². The summed E-state index contributed by atoms with van der Waals surface area (Å²) >= 11 is 0. The van der Waals surface area contributed by atoms with E-state index in [1.807, 2.05) is 25.1 Å². The van der Waals surface area contributed by atoms with Gasteiger partial charge in [-0.25, -0.2) is 0 Å². The molecule has 1 saturated heterocycles. The Labute approximate surface area is 122 Å². The number of amides is 2. The summed E-state index contributed by atoms with van der Waals surface area (Å²) in [6.45, 7) is 2.58. The van der Waals surface area contributed by atoms with E-state index in [0.717, 1.165) is 11.3 Å². The highest BCUT2D eigenvalue weighted by molar-refractivity contribution is 5.83. The van der Waals surface area contributed by atoms with Crippen molar-refractivity contribution in [3.05, 3.63) is 23.8 Å². The van der Waals surface area contributed by atoms with Gasteiger partial charge in [0.05, 0.1) is 12.0 Å². The van der Waals surface area contributed by atoms with Crippen LogP contribution in [-0.4, -0.2) is 25.2 Å². The fourth-order valence-electron chi connectivity index (χ4n) is 2.55. The van der Waals surface area contributed by atoms with Gasteiger partial charge in [-0.2, -0.15) is 0 Å². The maximum absolute atomic E-state index is 12.2. The molecule has 0 aromatic heterocycles. The second-order valence-corrected chi connectivity index (χ2v) is 5.38. The summed E-state index contributed by atoms with van der Waals surface area (Å²) in [7, 11) is 0. The maximum atomic E-state index is 12.2. The summed E-state index contributed by atoms with van der Waals surface area (Å²) in [4.78, 5) is 23.3. The second-order valence-electron chi connectivity index (χ2n) is 5.38. The summed E-state index contributed by atoms with van der Waals surface area (Å²) in [6.07, 6.45) is 1.02. The first-order valence-electron chi connectivity index (χ1n) is 7.10. The van der Waals surface area contributed by atoms with Crippen molar-refractivity contribution < 1.29 is 19.1 Å². The summed E-state index contributed by atoms with van der Waals surface area (Å²) in [5, 5.41) is 5.71. The van der Waals surface area contributed by atoms with E-state index in [0.29, 0.717) is 25.1 Å². The fourth-order valence-corrected chi connectivity index (χ4v) is 2.55. The highest BCUT2D eigenvalue weighted by atomic mass is 16.7. The second kappa shape index (κ2) is 5.63. The highest BCUT2D eigenvalue weighted by Crippen LogP contribution is 2.34. The van der Waals surface area contributed by atoms with Gasteiger partial charge in [0.25, 0.3) is 0 Å². The molecule has 1 aromatic rings. The van der Waals surface area contributed by atoms with E-state index in [1.165, 1.54) is 0 Å².